The van der Waals surface area contributed by atoms with E-state index in [1.54, 1.807) is 0 Å². The highest BCUT2D eigenvalue weighted by atomic mass is 15.0. The number of hydrogen-bond donors (Lipinski definition) is 0. The fraction of sp³-hybridized carbons (Fsp3) is 0. The lowest BCUT2D eigenvalue weighted by Gasteiger charge is -2.14. The average molecular weight is 613 g/mol. The molecule has 0 aliphatic rings. The highest BCUT2D eigenvalue weighted by Crippen LogP contribution is 2.40. The number of aromatic nitrogens is 4. The second-order valence-corrected chi connectivity index (χ2v) is 12.4. The van der Waals surface area contributed by atoms with Crippen LogP contribution in [0.15, 0.2) is 170 Å². The summed E-state index contributed by atoms with van der Waals surface area (Å²) in [4.78, 5) is 8.88. The van der Waals surface area contributed by atoms with E-state index in [0.717, 1.165) is 33.6 Å². The number of benzene rings is 6. The molecule has 4 heterocycles. The fourth-order valence-corrected chi connectivity index (χ4v) is 7.45. The normalized spacial score (nSPS) is 11.8. The first-order valence-electron chi connectivity index (χ1n) is 16.2. The third-order valence-corrected chi connectivity index (χ3v) is 9.60. The highest BCUT2D eigenvalue weighted by molar-refractivity contribution is 6.18. The summed E-state index contributed by atoms with van der Waals surface area (Å²) in [5.74, 6) is 0. The lowest BCUT2D eigenvalue weighted by atomic mass is 9.99. The molecular formula is C44H28N4. The van der Waals surface area contributed by atoms with Crippen molar-refractivity contribution in [3.63, 3.8) is 0 Å². The molecule has 0 amide bonds. The molecule has 0 spiro atoms. The maximum atomic E-state index is 4.44. The Labute approximate surface area is 276 Å². The van der Waals surface area contributed by atoms with Crippen LogP contribution in [0.1, 0.15) is 0 Å². The molecule has 0 bridgehead atoms. The van der Waals surface area contributed by atoms with Crippen LogP contribution in [0.5, 0.6) is 0 Å². The molecule has 10 rings (SSSR count). The molecule has 0 saturated carbocycles. The van der Waals surface area contributed by atoms with Crippen LogP contribution in [0.3, 0.4) is 0 Å². The summed E-state index contributed by atoms with van der Waals surface area (Å²) in [6.07, 6.45) is 7.51. The summed E-state index contributed by atoms with van der Waals surface area (Å²) in [7, 11) is 0. The van der Waals surface area contributed by atoms with Gasteiger partial charge in [-0.3, -0.25) is 9.97 Å². The zero-order valence-corrected chi connectivity index (χ0v) is 26.0. The molecule has 4 aromatic heterocycles. The predicted octanol–water partition coefficient (Wildman–Crippen LogP) is 11.2. The first-order chi connectivity index (χ1) is 23.8. The van der Waals surface area contributed by atoms with Crippen LogP contribution in [0.4, 0.5) is 0 Å². The zero-order chi connectivity index (χ0) is 31.6. The van der Waals surface area contributed by atoms with Crippen LogP contribution in [0, 0.1) is 0 Å². The summed E-state index contributed by atoms with van der Waals surface area (Å²) in [5, 5.41) is 7.42. The van der Waals surface area contributed by atoms with Gasteiger partial charge in [-0.2, -0.15) is 0 Å². The van der Waals surface area contributed by atoms with Crippen molar-refractivity contribution in [1.82, 2.24) is 19.1 Å². The molecule has 0 saturated heterocycles. The number of pyridine rings is 2. The number of rotatable bonds is 4. The van der Waals surface area contributed by atoms with Gasteiger partial charge in [0, 0.05) is 68.8 Å². The van der Waals surface area contributed by atoms with Crippen molar-refractivity contribution in [2.24, 2.45) is 0 Å². The van der Waals surface area contributed by atoms with E-state index >= 15 is 0 Å². The zero-order valence-electron chi connectivity index (χ0n) is 26.0. The largest absolute Gasteiger partial charge is 0.309 e. The first-order valence-corrected chi connectivity index (χ1v) is 16.2. The van der Waals surface area contributed by atoms with Gasteiger partial charge in [0.1, 0.15) is 0 Å². The average Bonchev–Trinajstić information content (AvgIpc) is 3.65. The van der Waals surface area contributed by atoms with Crippen LogP contribution in [-0.4, -0.2) is 19.1 Å². The highest BCUT2D eigenvalue weighted by Gasteiger charge is 2.18. The van der Waals surface area contributed by atoms with Gasteiger partial charge in [-0.1, -0.05) is 66.7 Å². The van der Waals surface area contributed by atoms with E-state index in [4.69, 9.17) is 0 Å². The van der Waals surface area contributed by atoms with E-state index in [0.29, 0.717) is 0 Å². The number of fused-ring (bicyclic) bond motifs is 7. The van der Waals surface area contributed by atoms with Gasteiger partial charge < -0.3 is 9.13 Å². The van der Waals surface area contributed by atoms with Crippen molar-refractivity contribution in [3.05, 3.63) is 170 Å². The Hall–Kier alpha value is -6.52. The van der Waals surface area contributed by atoms with E-state index in [1.165, 1.54) is 54.4 Å². The van der Waals surface area contributed by atoms with E-state index in [1.807, 2.05) is 36.9 Å². The van der Waals surface area contributed by atoms with Crippen LogP contribution >= 0.6 is 0 Å². The van der Waals surface area contributed by atoms with Crippen LogP contribution in [0.2, 0.25) is 0 Å². The molecule has 0 unspecified atom stereocenters. The maximum Gasteiger partial charge on any atom is 0.0547 e. The molecule has 48 heavy (non-hydrogen) atoms. The molecule has 0 aliphatic heterocycles. The second-order valence-electron chi connectivity index (χ2n) is 12.4. The Bertz CT molecular complexity index is 2760. The van der Waals surface area contributed by atoms with Gasteiger partial charge in [0.25, 0.3) is 0 Å². The molecule has 10 aromatic rings. The van der Waals surface area contributed by atoms with E-state index in [2.05, 4.69) is 153 Å². The van der Waals surface area contributed by atoms with Crippen LogP contribution in [0.25, 0.3) is 88.0 Å². The number of hydrogen-bond acceptors (Lipinski definition) is 2. The van der Waals surface area contributed by atoms with Gasteiger partial charge in [-0.25, -0.2) is 0 Å². The van der Waals surface area contributed by atoms with Crippen LogP contribution < -0.4 is 0 Å². The minimum absolute atomic E-state index is 1.08. The third kappa shape index (κ3) is 4.10. The molecule has 4 heteroatoms. The monoisotopic (exact) mass is 612 g/mol. The Kier molecular flexibility index (Phi) is 5.84. The first kappa shape index (κ1) is 26.7. The van der Waals surface area contributed by atoms with Crippen molar-refractivity contribution < 1.29 is 0 Å². The lowest BCUT2D eigenvalue weighted by molar-refractivity contribution is 1.18. The quantitative estimate of drug-likeness (QED) is 0.198. The summed E-state index contributed by atoms with van der Waals surface area (Å²) >= 11 is 0. The minimum Gasteiger partial charge on any atom is -0.309 e. The lowest BCUT2D eigenvalue weighted by Crippen LogP contribution is -1.96. The van der Waals surface area contributed by atoms with Gasteiger partial charge in [-0.05, 0) is 101 Å². The van der Waals surface area contributed by atoms with Crippen molar-refractivity contribution in [2.45, 2.75) is 0 Å². The third-order valence-electron chi connectivity index (χ3n) is 9.60. The second kappa shape index (κ2) is 10.5. The molecular weight excluding hydrogens is 585 g/mol. The van der Waals surface area contributed by atoms with Crippen molar-refractivity contribution in [1.29, 1.82) is 0 Å². The van der Waals surface area contributed by atoms with Crippen molar-refractivity contribution in [3.8, 4) is 33.6 Å². The molecule has 0 fully saturated rings. The Morgan fingerprint density at radius 3 is 1.38 bits per heavy atom. The molecule has 0 N–H and O–H groups in total. The molecule has 4 nitrogen and oxygen atoms in total. The Morgan fingerprint density at radius 1 is 0.333 bits per heavy atom. The van der Waals surface area contributed by atoms with Gasteiger partial charge in [0.05, 0.1) is 22.1 Å². The molecule has 0 radical (unpaired) electrons. The summed E-state index contributed by atoms with van der Waals surface area (Å²) < 4.78 is 4.81. The van der Waals surface area contributed by atoms with Crippen LogP contribution in [-0.2, 0) is 0 Å². The Balaban J connectivity index is 1.29. The maximum absolute atomic E-state index is 4.44. The molecule has 0 aliphatic carbocycles. The summed E-state index contributed by atoms with van der Waals surface area (Å²) in [6.45, 7) is 0. The van der Waals surface area contributed by atoms with E-state index in [9.17, 15) is 0 Å². The fourth-order valence-electron chi connectivity index (χ4n) is 7.45. The molecule has 6 aromatic carbocycles. The van der Waals surface area contributed by atoms with Gasteiger partial charge >= 0.3 is 0 Å². The van der Waals surface area contributed by atoms with Crippen molar-refractivity contribution in [2.75, 3.05) is 0 Å². The van der Waals surface area contributed by atoms with E-state index in [-0.39, 0.29) is 0 Å². The smallest absolute Gasteiger partial charge is 0.0547 e. The van der Waals surface area contributed by atoms with Gasteiger partial charge in [0.2, 0.25) is 0 Å². The van der Waals surface area contributed by atoms with E-state index < -0.39 is 0 Å². The SMILES string of the molecule is c1ccc(-n2c3ccccc3c3cc4cc5c6ccccc6n(-c6cc(-c7cccnc7)cc(-c7cccnc7)c6)c5cc4cc32)cc1. The number of nitrogens with zero attached hydrogens (tertiary/aromatic N) is 4. The standard InChI is InChI=1S/C44H28N4/c1-2-12-35(13-3-1)47-41-16-6-4-14-37(41)39-23-33-24-40-38-15-5-7-17-42(38)48(44(40)26-34(33)25-43(39)47)36-21-31(29-10-8-18-45-27-29)20-32(22-36)30-11-9-19-46-28-30/h1-28H. The molecule has 224 valence electrons. The molecule has 0 atom stereocenters. The number of para-hydroxylation sites is 3. The van der Waals surface area contributed by atoms with Crippen molar-refractivity contribution >= 4 is 54.4 Å². The van der Waals surface area contributed by atoms with Gasteiger partial charge in [0.15, 0.2) is 0 Å². The topological polar surface area (TPSA) is 35.6 Å². The summed E-state index contributed by atoms with van der Waals surface area (Å²) in [5.41, 5.74) is 11.4. The minimum atomic E-state index is 1.08. The predicted molar refractivity (Wildman–Crippen MR) is 199 cm³/mol. The Morgan fingerprint density at radius 2 is 0.833 bits per heavy atom. The summed E-state index contributed by atoms with van der Waals surface area (Å²) in [6, 6.07) is 52.7. The van der Waals surface area contributed by atoms with Gasteiger partial charge in [-0.15, -0.1) is 0 Å².